The highest BCUT2D eigenvalue weighted by Crippen LogP contribution is 2.39. The molecule has 0 radical (unpaired) electrons. The number of fused-ring (bicyclic) bond motifs is 1. The van der Waals surface area contributed by atoms with Crippen LogP contribution in [-0.4, -0.2) is 30.6 Å². The van der Waals surface area contributed by atoms with Crippen molar-refractivity contribution in [3.63, 3.8) is 0 Å². The normalized spacial score (nSPS) is 11.8. The van der Waals surface area contributed by atoms with E-state index in [2.05, 4.69) is 56.3 Å². The summed E-state index contributed by atoms with van der Waals surface area (Å²) in [5, 5.41) is 18.8. The van der Waals surface area contributed by atoms with Gasteiger partial charge in [0.2, 0.25) is 5.13 Å². The highest BCUT2D eigenvalue weighted by Gasteiger charge is 2.15. The van der Waals surface area contributed by atoms with Gasteiger partial charge >= 0.3 is 5.97 Å². The lowest BCUT2D eigenvalue weighted by atomic mass is 10.0. The topological polar surface area (TPSA) is 91.9 Å². The molecule has 0 saturated heterocycles. The first-order valence-electron chi connectivity index (χ1n) is 13.4. The summed E-state index contributed by atoms with van der Waals surface area (Å²) in [6.45, 7) is 10.7. The molecule has 204 valence electrons. The van der Waals surface area contributed by atoms with Gasteiger partial charge in [-0.05, 0) is 74.7 Å². The van der Waals surface area contributed by atoms with Crippen molar-refractivity contribution in [3.8, 4) is 0 Å². The second-order valence-electron chi connectivity index (χ2n) is 8.94. The number of nitrogens with zero attached hydrogens (tertiary/aromatic N) is 6. The van der Waals surface area contributed by atoms with Crippen LogP contribution in [0.5, 0.6) is 0 Å². The number of hydrogen-bond donors (Lipinski definition) is 0. The van der Waals surface area contributed by atoms with Gasteiger partial charge in [0, 0.05) is 25.2 Å². The molecule has 0 spiro atoms. The molecule has 0 aliphatic heterocycles. The second kappa shape index (κ2) is 14.0. The third-order valence-electron chi connectivity index (χ3n) is 6.45. The molecule has 10 heteroatoms. The molecule has 2 aromatic carbocycles. The number of carbonyl (C=O) groups is 1. The van der Waals surface area contributed by atoms with Gasteiger partial charge in [0.1, 0.15) is 9.83 Å². The lowest BCUT2D eigenvalue weighted by Gasteiger charge is -2.20. The summed E-state index contributed by atoms with van der Waals surface area (Å²) in [4.78, 5) is 19.8. The van der Waals surface area contributed by atoms with E-state index in [1.165, 1.54) is 28.4 Å². The maximum absolute atomic E-state index is 12.0. The minimum Gasteiger partial charge on any atom is -0.465 e. The lowest BCUT2D eigenvalue weighted by molar-refractivity contribution is -0.148. The first-order chi connectivity index (χ1) is 19.0. The van der Waals surface area contributed by atoms with Crippen molar-refractivity contribution in [1.29, 1.82) is 0 Å². The fraction of sp³-hybridized carbons (Fsp3) is 0.379. The summed E-state index contributed by atoms with van der Waals surface area (Å²) in [7, 11) is 0. The third kappa shape index (κ3) is 7.77. The number of benzene rings is 2. The Morgan fingerprint density at radius 1 is 0.872 bits per heavy atom. The Morgan fingerprint density at radius 3 is 2.13 bits per heavy atom. The van der Waals surface area contributed by atoms with Gasteiger partial charge < -0.3 is 9.64 Å². The zero-order chi connectivity index (χ0) is 27.6. The molecule has 8 nitrogen and oxygen atoms in total. The van der Waals surface area contributed by atoms with Crippen molar-refractivity contribution >= 4 is 65.4 Å². The first kappa shape index (κ1) is 28.5. The summed E-state index contributed by atoms with van der Waals surface area (Å²) >= 11 is 2.96. The van der Waals surface area contributed by atoms with Gasteiger partial charge in [-0.1, -0.05) is 48.7 Å². The van der Waals surface area contributed by atoms with Crippen LogP contribution in [0.15, 0.2) is 75.1 Å². The molecule has 39 heavy (non-hydrogen) atoms. The summed E-state index contributed by atoms with van der Waals surface area (Å²) in [5.41, 5.74) is 3.83. The molecule has 4 rings (SSSR count). The van der Waals surface area contributed by atoms with Crippen LogP contribution in [0.3, 0.4) is 0 Å². The summed E-state index contributed by atoms with van der Waals surface area (Å²) in [6, 6.07) is 17.9. The highest BCUT2D eigenvalue weighted by molar-refractivity contribution is 7.30. The predicted octanol–water partition coefficient (Wildman–Crippen LogP) is 9.56. The maximum atomic E-state index is 12.0. The lowest BCUT2D eigenvalue weighted by Crippen LogP contribution is -2.21. The maximum Gasteiger partial charge on any atom is 0.308 e. The van der Waals surface area contributed by atoms with Crippen molar-refractivity contribution < 1.29 is 9.53 Å². The number of ether oxygens (including phenoxy) is 1. The van der Waals surface area contributed by atoms with E-state index >= 15 is 0 Å². The van der Waals surface area contributed by atoms with Gasteiger partial charge in [0.25, 0.3) is 0 Å². The third-order valence-corrected chi connectivity index (χ3v) is 8.38. The van der Waals surface area contributed by atoms with Gasteiger partial charge in [-0.25, -0.2) is 4.98 Å². The number of anilines is 1. The SMILES string of the molecule is CCC(CC)C(=O)OCCc1ccc(N=Nc2cc3sc(N=Nc4ccc(N(CC)CC)cc4)nc3s2)cc1. The van der Waals surface area contributed by atoms with Crippen molar-refractivity contribution in [2.75, 3.05) is 24.6 Å². The number of azo groups is 2. The van der Waals surface area contributed by atoms with E-state index in [-0.39, 0.29) is 11.9 Å². The molecule has 0 aliphatic carbocycles. The number of carbonyl (C=O) groups excluding carboxylic acids is 1. The smallest absolute Gasteiger partial charge is 0.308 e. The molecule has 0 unspecified atom stereocenters. The zero-order valence-electron chi connectivity index (χ0n) is 22.8. The largest absolute Gasteiger partial charge is 0.465 e. The van der Waals surface area contributed by atoms with E-state index < -0.39 is 0 Å². The van der Waals surface area contributed by atoms with Crippen LogP contribution >= 0.6 is 22.7 Å². The van der Waals surface area contributed by atoms with Crippen LogP contribution < -0.4 is 4.90 Å². The van der Waals surface area contributed by atoms with Crippen molar-refractivity contribution in [2.24, 2.45) is 26.4 Å². The summed E-state index contributed by atoms with van der Waals surface area (Å²) in [5.74, 6) is -0.112. The van der Waals surface area contributed by atoms with Crippen LogP contribution in [0, 0.1) is 5.92 Å². The van der Waals surface area contributed by atoms with Gasteiger partial charge in [-0.15, -0.1) is 20.5 Å². The van der Waals surface area contributed by atoms with E-state index in [0.29, 0.717) is 18.2 Å². The van der Waals surface area contributed by atoms with Crippen LogP contribution in [-0.2, 0) is 16.0 Å². The Labute approximate surface area is 237 Å². The van der Waals surface area contributed by atoms with Crippen molar-refractivity contribution in [1.82, 2.24) is 4.98 Å². The van der Waals surface area contributed by atoms with E-state index in [4.69, 9.17) is 4.74 Å². The Bertz CT molecular complexity index is 1370. The summed E-state index contributed by atoms with van der Waals surface area (Å²) in [6.07, 6.45) is 2.30. The molecule has 4 aromatic rings. The van der Waals surface area contributed by atoms with Crippen LogP contribution in [0.4, 0.5) is 27.2 Å². The van der Waals surface area contributed by atoms with Crippen LogP contribution in [0.1, 0.15) is 46.1 Å². The van der Waals surface area contributed by atoms with E-state index in [1.807, 2.05) is 56.3 Å². The average molecular weight is 563 g/mol. The zero-order valence-corrected chi connectivity index (χ0v) is 24.5. The fourth-order valence-electron chi connectivity index (χ4n) is 4.07. The average Bonchev–Trinajstić information content (AvgIpc) is 3.52. The molecule has 0 saturated carbocycles. The van der Waals surface area contributed by atoms with E-state index in [9.17, 15) is 4.79 Å². The number of rotatable bonds is 13. The summed E-state index contributed by atoms with van der Waals surface area (Å²) < 4.78 is 6.43. The monoisotopic (exact) mass is 562 g/mol. The molecule has 0 bridgehead atoms. The quantitative estimate of drug-likeness (QED) is 0.120. The van der Waals surface area contributed by atoms with E-state index in [0.717, 1.165) is 57.4 Å². The van der Waals surface area contributed by atoms with E-state index in [1.54, 1.807) is 0 Å². The number of hydrogen-bond acceptors (Lipinski definition) is 10. The molecule has 2 aromatic heterocycles. The fourth-order valence-corrected chi connectivity index (χ4v) is 5.92. The van der Waals surface area contributed by atoms with Crippen molar-refractivity contribution in [2.45, 2.75) is 47.0 Å². The van der Waals surface area contributed by atoms with Gasteiger partial charge in [-0.2, -0.15) is 0 Å². The second-order valence-corrected chi connectivity index (χ2v) is 11.0. The highest BCUT2D eigenvalue weighted by atomic mass is 32.1. The Hall–Kier alpha value is -3.50. The Balaban J connectivity index is 1.30. The van der Waals surface area contributed by atoms with Gasteiger partial charge in [-0.3, -0.25) is 4.79 Å². The Morgan fingerprint density at radius 2 is 1.51 bits per heavy atom. The molecule has 0 atom stereocenters. The number of aromatic nitrogens is 1. The van der Waals surface area contributed by atoms with Crippen LogP contribution in [0.2, 0.25) is 0 Å². The molecule has 0 fully saturated rings. The number of thiophene rings is 1. The minimum atomic E-state index is -0.105. The van der Waals surface area contributed by atoms with Crippen molar-refractivity contribution in [3.05, 3.63) is 60.2 Å². The standard InChI is InChI=1S/C29H34N6O2S2/c1-5-21(6-2)28(36)37-18-17-20-9-11-22(12-10-20)31-33-26-19-25-27(39-26)30-29(38-25)34-32-23-13-15-24(16-14-23)35(7-3)8-4/h9-16,19,21H,5-8,17-18H2,1-4H3. The minimum absolute atomic E-state index is 0.00720. The number of esters is 1. The molecule has 0 N–H and O–H groups in total. The predicted molar refractivity (Wildman–Crippen MR) is 161 cm³/mol. The molecule has 2 heterocycles. The van der Waals surface area contributed by atoms with Gasteiger partial charge in [0.05, 0.1) is 28.6 Å². The van der Waals surface area contributed by atoms with Crippen LogP contribution in [0.25, 0.3) is 9.53 Å². The molecular weight excluding hydrogens is 528 g/mol. The number of thiazole rings is 1. The molecule has 0 amide bonds. The molecular formula is C29H34N6O2S2. The van der Waals surface area contributed by atoms with Gasteiger partial charge in [0.15, 0.2) is 0 Å². The molecule has 0 aliphatic rings. The first-order valence-corrected chi connectivity index (χ1v) is 15.0. The Kier molecular flexibility index (Phi) is 10.3.